The SMILES string of the molecule is CCCN1C(=O)CNCc2ccccc21. The summed E-state index contributed by atoms with van der Waals surface area (Å²) in [6.45, 7) is 4.11. The second-order valence-electron chi connectivity index (χ2n) is 3.78. The molecule has 0 saturated carbocycles. The molecule has 3 heteroatoms. The first-order chi connectivity index (χ1) is 7.33. The van der Waals surface area contributed by atoms with Crippen LogP contribution in [0.5, 0.6) is 0 Å². The lowest BCUT2D eigenvalue weighted by atomic mass is 10.1. The smallest absolute Gasteiger partial charge is 0.240 e. The number of hydrogen-bond acceptors (Lipinski definition) is 2. The van der Waals surface area contributed by atoms with Gasteiger partial charge < -0.3 is 10.2 Å². The molecule has 0 radical (unpaired) electrons. The van der Waals surface area contributed by atoms with E-state index in [-0.39, 0.29) is 5.91 Å². The molecule has 1 aromatic rings. The number of rotatable bonds is 2. The molecule has 0 atom stereocenters. The Labute approximate surface area is 90.1 Å². The first-order valence-corrected chi connectivity index (χ1v) is 5.42. The zero-order valence-electron chi connectivity index (χ0n) is 8.99. The van der Waals surface area contributed by atoms with E-state index >= 15 is 0 Å². The molecule has 1 aliphatic heterocycles. The fourth-order valence-corrected chi connectivity index (χ4v) is 1.93. The number of carbonyl (C=O) groups is 1. The molecule has 1 heterocycles. The second kappa shape index (κ2) is 4.45. The van der Waals surface area contributed by atoms with E-state index < -0.39 is 0 Å². The Kier molecular flexibility index (Phi) is 3.02. The van der Waals surface area contributed by atoms with Gasteiger partial charge in [0.2, 0.25) is 5.91 Å². The lowest BCUT2D eigenvalue weighted by Crippen LogP contribution is -2.36. The fourth-order valence-electron chi connectivity index (χ4n) is 1.93. The molecule has 2 rings (SSSR count). The minimum Gasteiger partial charge on any atom is -0.311 e. The van der Waals surface area contributed by atoms with Gasteiger partial charge in [-0.3, -0.25) is 4.79 Å². The number of nitrogens with one attached hydrogen (secondary N) is 1. The fraction of sp³-hybridized carbons (Fsp3) is 0.417. The van der Waals surface area contributed by atoms with Crippen LogP contribution in [-0.2, 0) is 11.3 Å². The lowest BCUT2D eigenvalue weighted by Gasteiger charge is -2.21. The van der Waals surface area contributed by atoms with E-state index in [1.54, 1.807) is 0 Å². The molecular formula is C12H16N2O. The van der Waals surface area contributed by atoms with Crippen LogP contribution in [0.4, 0.5) is 5.69 Å². The Morgan fingerprint density at radius 1 is 1.33 bits per heavy atom. The Bertz CT molecular complexity index is 362. The van der Waals surface area contributed by atoms with Gasteiger partial charge in [-0.25, -0.2) is 0 Å². The summed E-state index contributed by atoms with van der Waals surface area (Å²) < 4.78 is 0. The summed E-state index contributed by atoms with van der Waals surface area (Å²) in [6.07, 6.45) is 0.986. The van der Waals surface area contributed by atoms with Crippen LogP contribution in [-0.4, -0.2) is 19.0 Å². The highest BCUT2D eigenvalue weighted by Crippen LogP contribution is 2.22. The molecule has 0 fully saturated rings. The van der Waals surface area contributed by atoms with Crippen LogP contribution in [0.25, 0.3) is 0 Å². The van der Waals surface area contributed by atoms with Crippen LogP contribution in [0.1, 0.15) is 18.9 Å². The van der Waals surface area contributed by atoms with E-state index in [2.05, 4.69) is 18.3 Å². The predicted molar refractivity (Wildman–Crippen MR) is 60.8 cm³/mol. The largest absolute Gasteiger partial charge is 0.311 e. The van der Waals surface area contributed by atoms with Crippen LogP contribution in [0, 0.1) is 0 Å². The van der Waals surface area contributed by atoms with Crippen molar-refractivity contribution in [2.24, 2.45) is 0 Å². The van der Waals surface area contributed by atoms with Crippen molar-refractivity contribution in [3.63, 3.8) is 0 Å². The number of carbonyl (C=O) groups excluding carboxylic acids is 1. The minimum absolute atomic E-state index is 0.168. The number of fused-ring (bicyclic) bond motifs is 1. The van der Waals surface area contributed by atoms with Crippen LogP contribution >= 0.6 is 0 Å². The molecule has 0 aliphatic carbocycles. The second-order valence-corrected chi connectivity index (χ2v) is 3.78. The van der Waals surface area contributed by atoms with Crippen LogP contribution in [0.15, 0.2) is 24.3 Å². The third-order valence-electron chi connectivity index (χ3n) is 2.62. The van der Waals surface area contributed by atoms with Crippen molar-refractivity contribution < 1.29 is 4.79 Å². The first kappa shape index (κ1) is 10.2. The van der Waals surface area contributed by atoms with Crippen molar-refractivity contribution in [1.82, 2.24) is 5.32 Å². The van der Waals surface area contributed by atoms with Gasteiger partial charge in [-0.1, -0.05) is 25.1 Å². The normalized spacial score (nSPS) is 16.1. The third-order valence-corrected chi connectivity index (χ3v) is 2.62. The Morgan fingerprint density at radius 3 is 2.93 bits per heavy atom. The molecule has 0 saturated heterocycles. The minimum atomic E-state index is 0.168. The van der Waals surface area contributed by atoms with E-state index in [1.807, 2.05) is 23.1 Å². The van der Waals surface area contributed by atoms with Gasteiger partial charge in [0.25, 0.3) is 0 Å². The maximum absolute atomic E-state index is 11.8. The molecule has 15 heavy (non-hydrogen) atoms. The maximum atomic E-state index is 11.8. The van der Waals surface area contributed by atoms with Gasteiger partial charge in [-0.2, -0.15) is 0 Å². The van der Waals surface area contributed by atoms with Gasteiger partial charge in [-0.05, 0) is 18.1 Å². The molecule has 0 unspecified atom stereocenters. The Morgan fingerprint density at radius 2 is 2.13 bits per heavy atom. The molecule has 1 aromatic carbocycles. The van der Waals surface area contributed by atoms with E-state index in [0.717, 1.165) is 25.2 Å². The average Bonchev–Trinajstić information content (AvgIpc) is 2.40. The highest BCUT2D eigenvalue weighted by molar-refractivity contribution is 5.96. The molecule has 0 bridgehead atoms. The van der Waals surface area contributed by atoms with Crippen molar-refractivity contribution in [2.45, 2.75) is 19.9 Å². The summed E-state index contributed by atoms with van der Waals surface area (Å²) in [5.41, 5.74) is 2.27. The summed E-state index contributed by atoms with van der Waals surface area (Å²) in [6, 6.07) is 8.10. The quantitative estimate of drug-likeness (QED) is 0.792. The van der Waals surface area contributed by atoms with Crippen molar-refractivity contribution in [1.29, 1.82) is 0 Å². The van der Waals surface area contributed by atoms with Gasteiger partial charge >= 0.3 is 0 Å². The van der Waals surface area contributed by atoms with Crippen molar-refractivity contribution >= 4 is 11.6 Å². The van der Waals surface area contributed by atoms with Crippen molar-refractivity contribution in [2.75, 3.05) is 18.0 Å². The lowest BCUT2D eigenvalue weighted by molar-refractivity contribution is -0.117. The number of benzene rings is 1. The van der Waals surface area contributed by atoms with Gasteiger partial charge in [-0.15, -0.1) is 0 Å². The summed E-state index contributed by atoms with van der Waals surface area (Å²) in [7, 11) is 0. The van der Waals surface area contributed by atoms with Crippen molar-refractivity contribution in [3.8, 4) is 0 Å². The van der Waals surface area contributed by atoms with E-state index in [4.69, 9.17) is 0 Å². The predicted octanol–water partition coefficient (Wildman–Crippen LogP) is 1.53. The molecular weight excluding hydrogens is 188 g/mol. The molecule has 3 nitrogen and oxygen atoms in total. The molecule has 0 spiro atoms. The van der Waals surface area contributed by atoms with Gasteiger partial charge in [0, 0.05) is 18.8 Å². The Hall–Kier alpha value is -1.35. The summed E-state index contributed by atoms with van der Waals surface area (Å²) in [4.78, 5) is 13.7. The molecule has 1 N–H and O–H groups in total. The molecule has 0 aromatic heterocycles. The zero-order chi connectivity index (χ0) is 10.7. The number of para-hydroxylation sites is 1. The van der Waals surface area contributed by atoms with Crippen LogP contribution in [0.2, 0.25) is 0 Å². The average molecular weight is 204 g/mol. The third kappa shape index (κ3) is 2.02. The van der Waals surface area contributed by atoms with E-state index in [9.17, 15) is 4.79 Å². The van der Waals surface area contributed by atoms with Crippen LogP contribution < -0.4 is 10.2 Å². The topological polar surface area (TPSA) is 32.3 Å². The Balaban J connectivity index is 2.38. The summed E-state index contributed by atoms with van der Waals surface area (Å²) in [5.74, 6) is 0.168. The summed E-state index contributed by atoms with van der Waals surface area (Å²) in [5, 5.41) is 3.15. The van der Waals surface area contributed by atoms with Crippen molar-refractivity contribution in [3.05, 3.63) is 29.8 Å². The summed E-state index contributed by atoms with van der Waals surface area (Å²) >= 11 is 0. The zero-order valence-corrected chi connectivity index (χ0v) is 8.99. The first-order valence-electron chi connectivity index (χ1n) is 5.42. The molecule has 80 valence electrons. The highest BCUT2D eigenvalue weighted by atomic mass is 16.2. The molecule has 1 amide bonds. The maximum Gasteiger partial charge on any atom is 0.240 e. The van der Waals surface area contributed by atoms with E-state index in [0.29, 0.717) is 6.54 Å². The van der Waals surface area contributed by atoms with E-state index in [1.165, 1.54) is 5.56 Å². The standard InChI is InChI=1S/C12H16N2O/c1-2-7-14-11-6-4-3-5-10(11)8-13-9-12(14)15/h3-6,13H,2,7-9H2,1H3. The number of anilines is 1. The van der Waals surface area contributed by atoms with Gasteiger partial charge in [0.05, 0.1) is 6.54 Å². The number of hydrogen-bond donors (Lipinski definition) is 1. The monoisotopic (exact) mass is 204 g/mol. The van der Waals surface area contributed by atoms with Gasteiger partial charge in [0.1, 0.15) is 0 Å². The van der Waals surface area contributed by atoms with Crippen LogP contribution in [0.3, 0.4) is 0 Å². The molecule has 1 aliphatic rings. The number of nitrogens with zero attached hydrogens (tertiary/aromatic N) is 1. The number of amides is 1. The van der Waals surface area contributed by atoms with Gasteiger partial charge in [0.15, 0.2) is 0 Å². The highest BCUT2D eigenvalue weighted by Gasteiger charge is 2.20.